The summed E-state index contributed by atoms with van der Waals surface area (Å²) in [6.45, 7) is 1.24. The molecule has 2 aromatic rings. The van der Waals surface area contributed by atoms with Crippen LogP contribution in [-0.2, 0) is 22.4 Å². The third-order valence-electron chi connectivity index (χ3n) is 5.76. The number of benzene rings is 2. The number of rotatable bonds is 7. The van der Waals surface area contributed by atoms with E-state index in [0.29, 0.717) is 37.4 Å². The van der Waals surface area contributed by atoms with E-state index in [4.69, 9.17) is 9.47 Å². The predicted octanol–water partition coefficient (Wildman–Crippen LogP) is 2.59. The Labute approximate surface area is 170 Å². The lowest BCUT2D eigenvalue weighted by atomic mass is 10.1. The maximum Gasteiger partial charge on any atom is 0.230 e. The monoisotopic (exact) mass is 394 g/mol. The maximum absolute atomic E-state index is 12.8. The first-order valence-corrected chi connectivity index (χ1v) is 10.00. The predicted molar refractivity (Wildman–Crippen MR) is 110 cm³/mol. The van der Waals surface area contributed by atoms with Gasteiger partial charge >= 0.3 is 0 Å². The fraction of sp³-hybridized carbons (Fsp3) is 0.391. The average molecular weight is 394 g/mol. The molecule has 1 N–H and O–H groups in total. The Balaban J connectivity index is 1.27. The molecule has 0 saturated heterocycles. The molecular formula is C23H26N2O4. The fourth-order valence-electron chi connectivity index (χ4n) is 4.02. The van der Waals surface area contributed by atoms with Crippen molar-refractivity contribution in [2.24, 2.45) is 11.8 Å². The summed E-state index contributed by atoms with van der Waals surface area (Å²) in [4.78, 5) is 27.1. The van der Waals surface area contributed by atoms with Gasteiger partial charge in [-0.1, -0.05) is 24.3 Å². The molecule has 4 rings (SSSR count). The van der Waals surface area contributed by atoms with Crippen molar-refractivity contribution in [3.63, 3.8) is 0 Å². The number of carbonyl (C=O) groups is 2. The number of hydrogen-bond donors (Lipinski definition) is 1. The van der Waals surface area contributed by atoms with Crippen molar-refractivity contribution >= 4 is 17.5 Å². The highest BCUT2D eigenvalue weighted by Crippen LogP contribution is 2.42. The van der Waals surface area contributed by atoms with Gasteiger partial charge in [-0.2, -0.15) is 0 Å². The van der Waals surface area contributed by atoms with E-state index in [1.807, 2.05) is 41.3 Å². The van der Waals surface area contributed by atoms with E-state index in [-0.39, 0.29) is 23.7 Å². The minimum absolute atomic E-state index is 0.0312. The highest BCUT2D eigenvalue weighted by molar-refractivity contribution is 6.02. The highest BCUT2D eigenvalue weighted by atomic mass is 16.5. The Morgan fingerprint density at radius 1 is 1.07 bits per heavy atom. The van der Waals surface area contributed by atoms with Crippen LogP contribution in [0.1, 0.15) is 17.5 Å². The van der Waals surface area contributed by atoms with Crippen LogP contribution in [0.4, 0.5) is 5.69 Å². The van der Waals surface area contributed by atoms with Crippen LogP contribution in [0.3, 0.4) is 0 Å². The lowest BCUT2D eigenvalue weighted by Crippen LogP contribution is -2.33. The number of para-hydroxylation sites is 1. The van der Waals surface area contributed by atoms with Crippen LogP contribution in [0.25, 0.3) is 0 Å². The number of carbonyl (C=O) groups excluding carboxylic acids is 2. The zero-order valence-corrected chi connectivity index (χ0v) is 16.8. The summed E-state index contributed by atoms with van der Waals surface area (Å²) in [5, 5.41) is 2.97. The van der Waals surface area contributed by atoms with Crippen molar-refractivity contribution in [2.75, 3.05) is 32.2 Å². The number of anilines is 1. The zero-order chi connectivity index (χ0) is 20.4. The van der Waals surface area contributed by atoms with Crippen LogP contribution >= 0.6 is 0 Å². The van der Waals surface area contributed by atoms with Gasteiger partial charge in [0, 0.05) is 18.8 Å². The Bertz CT molecular complexity index is 927. The topological polar surface area (TPSA) is 67.9 Å². The number of ether oxygens (including phenoxy) is 2. The molecule has 152 valence electrons. The molecule has 1 heterocycles. The standard InChI is InChI=1S/C23H26N2O4/c1-28-20-8-7-15(13-21(20)29-2)9-11-24-22(26)17-14-18(17)23(27)25-12-10-16-5-3-4-6-19(16)25/h3-8,13,17-18H,9-12,14H2,1-2H3,(H,24,26). The van der Waals surface area contributed by atoms with Crippen LogP contribution in [-0.4, -0.2) is 39.1 Å². The van der Waals surface area contributed by atoms with Crippen molar-refractivity contribution in [2.45, 2.75) is 19.3 Å². The van der Waals surface area contributed by atoms with E-state index in [2.05, 4.69) is 11.4 Å². The minimum Gasteiger partial charge on any atom is -0.493 e. The molecule has 1 aliphatic heterocycles. The fourth-order valence-corrected chi connectivity index (χ4v) is 4.02. The molecule has 6 heteroatoms. The van der Waals surface area contributed by atoms with Crippen LogP contribution in [0.15, 0.2) is 42.5 Å². The van der Waals surface area contributed by atoms with Gasteiger partial charge in [-0.25, -0.2) is 0 Å². The average Bonchev–Trinajstić information content (AvgIpc) is 3.45. The molecule has 2 aliphatic rings. The Kier molecular flexibility index (Phi) is 5.43. The summed E-state index contributed by atoms with van der Waals surface area (Å²) < 4.78 is 10.6. The molecule has 0 spiro atoms. The first-order valence-electron chi connectivity index (χ1n) is 10.00. The van der Waals surface area contributed by atoms with Gasteiger partial charge < -0.3 is 19.7 Å². The molecule has 2 atom stereocenters. The van der Waals surface area contributed by atoms with Gasteiger partial charge in [-0.3, -0.25) is 9.59 Å². The Morgan fingerprint density at radius 3 is 2.66 bits per heavy atom. The Morgan fingerprint density at radius 2 is 1.86 bits per heavy atom. The first kappa shape index (κ1) is 19.3. The van der Waals surface area contributed by atoms with Crippen molar-refractivity contribution in [3.8, 4) is 11.5 Å². The number of methoxy groups -OCH3 is 2. The van der Waals surface area contributed by atoms with Crippen molar-refractivity contribution in [3.05, 3.63) is 53.6 Å². The molecule has 29 heavy (non-hydrogen) atoms. The first-order chi connectivity index (χ1) is 14.1. The van der Waals surface area contributed by atoms with Crippen molar-refractivity contribution in [1.29, 1.82) is 0 Å². The number of fused-ring (bicyclic) bond motifs is 1. The third-order valence-corrected chi connectivity index (χ3v) is 5.76. The van der Waals surface area contributed by atoms with Crippen LogP contribution in [0, 0.1) is 11.8 Å². The van der Waals surface area contributed by atoms with Gasteiger partial charge in [-0.05, 0) is 48.6 Å². The number of nitrogens with zero attached hydrogens (tertiary/aromatic N) is 1. The van der Waals surface area contributed by atoms with Crippen molar-refractivity contribution < 1.29 is 19.1 Å². The van der Waals surface area contributed by atoms with Gasteiger partial charge in [0.25, 0.3) is 0 Å². The SMILES string of the molecule is COc1ccc(CCNC(=O)C2CC2C(=O)N2CCc3ccccc32)cc1OC. The summed E-state index contributed by atoms with van der Waals surface area (Å²) in [5.41, 5.74) is 3.26. The normalized spacial score (nSPS) is 19.4. The van der Waals surface area contributed by atoms with E-state index in [1.165, 1.54) is 5.56 Å². The summed E-state index contributed by atoms with van der Waals surface area (Å²) in [6.07, 6.45) is 2.22. The van der Waals surface area contributed by atoms with E-state index in [1.54, 1.807) is 14.2 Å². The Hall–Kier alpha value is -3.02. The summed E-state index contributed by atoms with van der Waals surface area (Å²) in [7, 11) is 3.21. The van der Waals surface area contributed by atoms with Crippen LogP contribution < -0.4 is 19.7 Å². The molecule has 1 fully saturated rings. The molecule has 0 radical (unpaired) electrons. The lowest BCUT2D eigenvalue weighted by molar-refractivity contribution is -0.126. The van der Waals surface area contributed by atoms with Gasteiger partial charge in [-0.15, -0.1) is 0 Å². The molecule has 0 aromatic heterocycles. The largest absolute Gasteiger partial charge is 0.493 e. The molecular weight excluding hydrogens is 368 g/mol. The van der Waals surface area contributed by atoms with Gasteiger partial charge in [0.05, 0.1) is 26.1 Å². The molecule has 1 aliphatic carbocycles. The van der Waals surface area contributed by atoms with Gasteiger partial charge in [0.15, 0.2) is 11.5 Å². The minimum atomic E-state index is -0.208. The quantitative estimate of drug-likeness (QED) is 0.784. The summed E-state index contributed by atoms with van der Waals surface area (Å²) in [5.74, 6) is 1.01. The van der Waals surface area contributed by atoms with Crippen LogP contribution in [0.2, 0.25) is 0 Å². The molecule has 2 amide bonds. The second kappa shape index (κ2) is 8.15. The molecule has 2 unspecified atom stereocenters. The zero-order valence-electron chi connectivity index (χ0n) is 16.8. The second-order valence-electron chi connectivity index (χ2n) is 7.55. The molecule has 0 bridgehead atoms. The number of hydrogen-bond acceptors (Lipinski definition) is 4. The van der Waals surface area contributed by atoms with Crippen molar-refractivity contribution in [1.82, 2.24) is 5.32 Å². The van der Waals surface area contributed by atoms with E-state index >= 15 is 0 Å². The summed E-state index contributed by atoms with van der Waals surface area (Å²) in [6, 6.07) is 13.7. The number of nitrogens with one attached hydrogen (secondary N) is 1. The number of amides is 2. The smallest absolute Gasteiger partial charge is 0.230 e. The van der Waals surface area contributed by atoms with E-state index in [9.17, 15) is 9.59 Å². The molecule has 2 aromatic carbocycles. The third kappa shape index (κ3) is 3.92. The summed E-state index contributed by atoms with van der Waals surface area (Å²) >= 11 is 0. The molecule has 1 saturated carbocycles. The van der Waals surface area contributed by atoms with E-state index in [0.717, 1.165) is 17.7 Å². The van der Waals surface area contributed by atoms with Gasteiger partial charge in [0.2, 0.25) is 11.8 Å². The van der Waals surface area contributed by atoms with Gasteiger partial charge in [0.1, 0.15) is 0 Å². The van der Waals surface area contributed by atoms with Crippen LogP contribution in [0.5, 0.6) is 11.5 Å². The van der Waals surface area contributed by atoms with E-state index < -0.39 is 0 Å². The maximum atomic E-state index is 12.8. The second-order valence-corrected chi connectivity index (χ2v) is 7.55. The molecule has 6 nitrogen and oxygen atoms in total. The lowest BCUT2D eigenvalue weighted by Gasteiger charge is -2.17. The highest BCUT2D eigenvalue weighted by Gasteiger charge is 2.50.